The van der Waals surface area contributed by atoms with Gasteiger partial charge in [-0.3, -0.25) is 0 Å². The molecule has 0 saturated carbocycles. The van der Waals surface area contributed by atoms with Gasteiger partial charge in [-0.15, -0.1) is 5.73 Å². The highest BCUT2D eigenvalue weighted by atomic mass is 15.2. The fourth-order valence-electron chi connectivity index (χ4n) is 3.23. The Bertz CT molecular complexity index is 709. The summed E-state index contributed by atoms with van der Waals surface area (Å²) in [6, 6.07) is 6.66. The molecule has 0 aromatic heterocycles. The van der Waals surface area contributed by atoms with E-state index < -0.39 is 0 Å². The van der Waals surface area contributed by atoms with Gasteiger partial charge in [-0.25, -0.2) is 0 Å². The summed E-state index contributed by atoms with van der Waals surface area (Å²) < 4.78 is 0. The molecule has 23 heavy (non-hydrogen) atoms. The lowest BCUT2D eigenvalue weighted by atomic mass is 9.89. The molecule has 1 aromatic carbocycles. The van der Waals surface area contributed by atoms with Gasteiger partial charge in [0.1, 0.15) is 0 Å². The van der Waals surface area contributed by atoms with Crippen LogP contribution < -0.4 is 0 Å². The molecule has 0 radical (unpaired) electrons. The summed E-state index contributed by atoms with van der Waals surface area (Å²) in [5.41, 5.74) is 11.1. The lowest BCUT2D eigenvalue weighted by molar-refractivity contribution is 0.263. The molecular weight excluding hydrogens is 278 g/mol. The Labute approximate surface area is 141 Å². The van der Waals surface area contributed by atoms with E-state index in [4.69, 9.17) is 0 Å². The molecule has 1 aliphatic heterocycles. The van der Waals surface area contributed by atoms with Crippen molar-refractivity contribution >= 4 is 5.70 Å². The smallest absolute Gasteiger partial charge is 0.0878 e. The van der Waals surface area contributed by atoms with Crippen LogP contribution >= 0.6 is 0 Å². The van der Waals surface area contributed by atoms with Crippen molar-refractivity contribution < 1.29 is 0 Å². The van der Waals surface area contributed by atoms with Gasteiger partial charge < -0.3 is 4.90 Å². The average molecular weight is 307 g/mol. The second-order valence-corrected chi connectivity index (χ2v) is 6.93. The van der Waals surface area contributed by atoms with Gasteiger partial charge in [0.25, 0.3) is 0 Å². The number of hydrogen-bond donors (Lipinski definition) is 0. The maximum Gasteiger partial charge on any atom is 0.0878 e. The Hall–Kier alpha value is -1.98. The van der Waals surface area contributed by atoms with Crippen molar-refractivity contribution in [3.63, 3.8) is 0 Å². The van der Waals surface area contributed by atoms with Crippen molar-refractivity contribution in [1.82, 2.24) is 4.90 Å². The first-order valence-electron chi connectivity index (χ1n) is 8.44. The second-order valence-electron chi connectivity index (χ2n) is 6.93. The van der Waals surface area contributed by atoms with Crippen molar-refractivity contribution in [2.45, 2.75) is 53.0 Å². The molecule has 122 valence electrons. The third kappa shape index (κ3) is 3.07. The number of hydrogen-bond acceptors (Lipinski definition) is 1. The van der Waals surface area contributed by atoms with Gasteiger partial charge in [-0.1, -0.05) is 55.0 Å². The molecule has 0 spiro atoms. The summed E-state index contributed by atoms with van der Waals surface area (Å²) in [6.45, 7) is 15.1. The van der Waals surface area contributed by atoms with Crippen LogP contribution in [0.3, 0.4) is 0 Å². The molecule has 0 N–H and O–H groups in total. The van der Waals surface area contributed by atoms with E-state index >= 15 is 0 Å². The molecule has 0 amide bonds. The fourth-order valence-corrected chi connectivity index (χ4v) is 3.23. The average Bonchev–Trinajstić information content (AvgIpc) is 2.73. The Morgan fingerprint density at radius 1 is 1.30 bits per heavy atom. The molecule has 0 aliphatic carbocycles. The van der Waals surface area contributed by atoms with E-state index in [0.717, 1.165) is 18.5 Å². The first kappa shape index (κ1) is 17.4. The topological polar surface area (TPSA) is 3.24 Å². The van der Waals surface area contributed by atoms with Crippen LogP contribution in [0.4, 0.5) is 0 Å². The molecule has 0 fully saturated rings. The zero-order valence-electron chi connectivity index (χ0n) is 15.5. The van der Waals surface area contributed by atoms with Crippen LogP contribution in [0.1, 0.15) is 57.7 Å². The van der Waals surface area contributed by atoms with Crippen molar-refractivity contribution in [2.24, 2.45) is 0 Å². The van der Waals surface area contributed by atoms with E-state index in [0.29, 0.717) is 0 Å². The molecule has 0 atom stereocenters. The van der Waals surface area contributed by atoms with Gasteiger partial charge in [-0.05, 0) is 51.7 Å². The maximum absolute atomic E-state index is 3.93. The van der Waals surface area contributed by atoms with Gasteiger partial charge in [0.05, 0.1) is 11.2 Å². The van der Waals surface area contributed by atoms with Crippen LogP contribution in [0.5, 0.6) is 0 Å². The number of fused-ring (bicyclic) bond motifs is 1. The number of rotatable bonds is 4. The van der Waals surface area contributed by atoms with Gasteiger partial charge in [0.2, 0.25) is 0 Å². The van der Waals surface area contributed by atoms with E-state index in [1.165, 1.54) is 27.8 Å². The van der Waals surface area contributed by atoms with Crippen LogP contribution in [0, 0.1) is 0 Å². The van der Waals surface area contributed by atoms with Gasteiger partial charge >= 0.3 is 0 Å². The van der Waals surface area contributed by atoms with Crippen molar-refractivity contribution in [1.29, 1.82) is 0 Å². The Kier molecular flexibility index (Phi) is 5.02. The number of benzene rings is 1. The second kappa shape index (κ2) is 6.64. The molecule has 1 heterocycles. The van der Waals surface area contributed by atoms with Gasteiger partial charge in [0.15, 0.2) is 0 Å². The summed E-state index contributed by atoms with van der Waals surface area (Å²) in [4.78, 5) is 2.29. The third-order valence-corrected chi connectivity index (χ3v) is 5.12. The van der Waals surface area contributed by atoms with Gasteiger partial charge in [0, 0.05) is 12.6 Å². The van der Waals surface area contributed by atoms with Crippen LogP contribution in [-0.2, 0) is 12.0 Å². The first-order chi connectivity index (χ1) is 10.8. The molecule has 1 aromatic rings. The third-order valence-electron chi connectivity index (χ3n) is 5.12. The largest absolute Gasteiger partial charge is 0.359 e. The van der Waals surface area contributed by atoms with Crippen LogP contribution in [-0.4, -0.2) is 11.9 Å². The summed E-state index contributed by atoms with van der Waals surface area (Å²) in [6.07, 6.45) is 6.50. The van der Waals surface area contributed by atoms with E-state index in [2.05, 4.69) is 89.2 Å². The monoisotopic (exact) mass is 307 g/mol. The number of allylic oxidation sites excluding steroid dienone is 4. The number of nitrogens with zero attached hydrogens (tertiary/aromatic N) is 1. The van der Waals surface area contributed by atoms with E-state index in [-0.39, 0.29) is 5.54 Å². The maximum atomic E-state index is 3.93. The standard InChI is InChI=1S/C22H29N/c1-8-10-12-16(3)17(4)15-18-13-11-14-19-21(18)20(9-2)23(7)22(19,5)6/h10-14H,2,8,15H2,1,3-7H3/b12-10-,17-16+. The highest BCUT2D eigenvalue weighted by Crippen LogP contribution is 2.45. The molecule has 0 bridgehead atoms. The molecule has 1 nitrogen and oxygen atoms in total. The molecule has 1 heteroatoms. The van der Waals surface area contributed by atoms with Crippen LogP contribution in [0.2, 0.25) is 0 Å². The lowest BCUT2D eigenvalue weighted by Crippen LogP contribution is -2.30. The Morgan fingerprint density at radius 3 is 2.61 bits per heavy atom. The van der Waals surface area contributed by atoms with Crippen molar-refractivity contribution in [3.05, 3.63) is 70.5 Å². The van der Waals surface area contributed by atoms with Crippen LogP contribution in [0.25, 0.3) is 5.70 Å². The normalized spacial score (nSPS) is 17.3. The zero-order chi connectivity index (χ0) is 17.2. The molecule has 0 saturated heterocycles. The predicted octanol–water partition coefficient (Wildman–Crippen LogP) is 5.84. The van der Waals surface area contributed by atoms with E-state index in [9.17, 15) is 0 Å². The summed E-state index contributed by atoms with van der Waals surface area (Å²) >= 11 is 0. The summed E-state index contributed by atoms with van der Waals surface area (Å²) in [7, 11) is 2.13. The van der Waals surface area contributed by atoms with Crippen LogP contribution in [0.15, 0.2) is 53.8 Å². The molecule has 1 aliphatic rings. The Morgan fingerprint density at radius 2 is 2.00 bits per heavy atom. The predicted molar refractivity (Wildman–Crippen MR) is 101 cm³/mol. The minimum absolute atomic E-state index is 0.0137. The van der Waals surface area contributed by atoms with Gasteiger partial charge in [-0.2, -0.15) is 0 Å². The lowest BCUT2D eigenvalue weighted by Gasteiger charge is -2.30. The Balaban J connectivity index is 2.51. The quantitative estimate of drug-likeness (QED) is 0.499. The summed E-state index contributed by atoms with van der Waals surface area (Å²) in [5.74, 6) is 0. The highest BCUT2D eigenvalue weighted by Gasteiger charge is 2.38. The minimum Gasteiger partial charge on any atom is -0.359 e. The van der Waals surface area contributed by atoms with Crippen molar-refractivity contribution in [3.8, 4) is 0 Å². The highest BCUT2D eigenvalue weighted by molar-refractivity contribution is 5.75. The molecule has 0 unspecified atom stereocenters. The first-order valence-corrected chi connectivity index (χ1v) is 8.44. The SMILES string of the molecule is C=C=C1c2c(C/C(C)=C(C)/C=C\CC)cccc2C(C)(C)N1C. The van der Waals surface area contributed by atoms with Crippen molar-refractivity contribution in [2.75, 3.05) is 7.05 Å². The van der Waals surface area contributed by atoms with E-state index in [1.807, 2.05) is 0 Å². The molecular formula is C22H29N. The fraction of sp³-hybridized carbons (Fsp3) is 0.409. The van der Waals surface area contributed by atoms with E-state index in [1.54, 1.807) is 0 Å². The minimum atomic E-state index is -0.0137. The summed E-state index contributed by atoms with van der Waals surface area (Å²) in [5, 5.41) is 0. The zero-order valence-corrected chi connectivity index (χ0v) is 15.5. The molecule has 2 rings (SSSR count).